The molecular weight excluding hydrogens is 464 g/mol. The van der Waals surface area contributed by atoms with Crippen LogP contribution in [0, 0.1) is 0 Å². The molecule has 1 saturated heterocycles. The molecule has 0 radical (unpaired) electrons. The van der Waals surface area contributed by atoms with Crippen LogP contribution in [-0.2, 0) is 39.1 Å². The molecule has 1 fully saturated rings. The normalized spacial score (nSPS) is 14.8. The van der Waals surface area contributed by atoms with Crippen LogP contribution in [-0.4, -0.2) is 56.9 Å². The first kappa shape index (κ1) is 23.5. The van der Waals surface area contributed by atoms with Gasteiger partial charge in [0.1, 0.15) is 16.4 Å². The molecule has 4 rings (SSSR count). The lowest BCUT2D eigenvalue weighted by atomic mass is 10.1. The number of thiophene rings is 1. The smallest absolute Gasteiger partial charge is 0.246 e. The molecule has 0 aliphatic carbocycles. The van der Waals surface area contributed by atoms with Crippen LogP contribution in [0.2, 0.25) is 0 Å². The van der Waals surface area contributed by atoms with E-state index in [1.54, 1.807) is 40.7 Å². The number of amides is 1. The van der Waals surface area contributed by atoms with E-state index >= 15 is 0 Å². The van der Waals surface area contributed by atoms with Crippen molar-refractivity contribution < 1.29 is 27.1 Å². The number of methoxy groups -OCH3 is 1. The highest BCUT2D eigenvalue weighted by Gasteiger charge is 2.30. The molecule has 0 N–H and O–H groups in total. The second kappa shape index (κ2) is 10.5. The van der Waals surface area contributed by atoms with Crippen LogP contribution in [0.1, 0.15) is 16.2 Å². The molecule has 2 aromatic heterocycles. The topological polar surface area (TPSA) is 89.3 Å². The predicted octanol–water partition coefficient (Wildman–Crippen LogP) is 3.14. The second-order valence-corrected chi connectivity index (χ2v) is 10.5. The van der Waals surface area contributed by atoms with Crippen LogP contribution in [0.4, 0.5) is 0 Å². The van der Waals surface area contributed by atoms with Crippen molar-refractivity contribution in [2.45, 2.75) is 24.4 Å². The molecule has 10 heteroatoms. The van der Waals surface area contributed by atoms with Gasteiger partial charge in [0.2, 0.25) is 15.9 Å². The third-order valence-corrected chi connectivity index (χ3v) is 8.16. The Morgan fingerprint density at radius 1 is 1.15 bits per heavy atom. The van der Waals surface area contributed by atoms with Crippen LogP contribution >= 0.6 is 11.3 Å². The summed E-state index contributed by atoms with van der Waals surface area (Å²) in [6.45, 7) is 2.05. The van der Waals surface area contributed by atoms with Gasteiger partial charge in [-0.25, -0.2) is 8.42 Å². The molecule has 176 valence electrons. The van der Waals surface area contributed by atoms with Gasteiger partial charge < -0.3 is 18.8 Å². The molecule has 0 bridgehead atoms. The first-order valence-corrected chi connectivity index (χ1v) is 12.9. The van der Waals surface area contributed by atoms with E-state index in [0.29, 0.717) is 37.6 Å². The van der Waals surface area contributed by atoms with Crippen molar-refractivity contribution in [3.05, 3.63) is 70.3 Å². The molecule has 33 heavy (non-hydrogen) atoms. The van der Waals surface area contributed by atoms with Gasteiger partial charge in [-0.15, -0.1) is 11.3 Å². The number of carbonyl (C=O) groups is 1. The van der Waals surface area contributed by atoms with Gasteiger partial charge in [-0.3, -0.25) is 4.79 Å². The van der Waals surface area contributed by atoms with Crippen LogP contribution in [0.5, 0.6) is 5.75 Å². The monoisotopic (exact) mass is 490 g/mol. The Morgan fingerprint density at radius 3 is 2.64 bits per heavy atom. The Bertz CT molecular complexity index is 1120. The summed E-state index contributed by atoms with van der Waals surface area (Å²) in [5, 5.41) is 1.97. The Balaban J connectivity index is 1.57. The lowest BCUT2D eigenvalue weighted by molar-refractivity contribution is -0.131. The molecule has 0 saturated carbocycles. The molecule has 0 unspecified atom stereocenters. The zero-order valence-corrected chi connectivity index (χ0v) is 19.9. The first-order valence-electron chi connectivity index (χ1n) is 10.5. The van der Waals surface area contributed by atoms with E-state index in [1.807, 2.05) is 23.6 Å². The Morgan fingerprint density at radius 2 is 1.97 bits per heavy atom. The summed E-state index contributed by atoms with van der Waals surface area (Å²) >= 11 is 1.58. The van der Waals surface area contributed by atoms with E-state index < -0.39 is 10.0 Å². The minimum absolute atomic E-state index is 0.0573. The maximum absolute atomic E-state index is 13.3. The van der Waals surface area contributed by atoms with Crippen molar-refractivity contribution >= 4 is 27.3 Å². The number of ether oxygens (including phenoxy) is 2. The minimum atomic E-state index is -3.78. The number of furan rings is 1. The number of rotatable bonds is 9. The summed E-state index contributed by atoms with van der Waals surface area (Å²) < 4.78 is 43.9. The first-order chi connectivity index (χ1) is 16.0. The standard InChI is InChI=1S/C23H26N2O6S2/c1-29-21-7-6-18(14-22(21)33(27,28)25-8-11-30-12-9-25)15-23(26)24(16-19-4-2-10-31-19)17-20-5-3-13-32-20/h2-7,10,13-14H,8-9,11-12,15-17H2,1H3. The Hall–Kier alpha value is -2.66. The number of nitrogens with zero attached hydrogens (tertiary/aromatic N) is 2. The van der Waals surface area contributed by atoms with Crippen molar-refractivity contribution in [3.63, 3.8) is 0 Å². The van der Waals surface area contributed by atoms with E-state index in [2.05, 4.69) is 0 Å². The average molecular weight is 491 g/mol. The molecule has 8 nitrogen and oxygen atoms in total. The molecule has 0 spiro atoms. The molecule has 1 amide bonds. The lowest BCUT2D eigenvalue weighted by Gasteiger charge is -2.27. The van der Waals surface area contributed by atoms with Gasteiger partial charge in [-0.05, 0) is 41.3 Å². The molecule has 1 aromatic carbocycles. The van der Waals surface area contributed by atoms with Gasteiger partial charge in [0.25, 0.3) is 0 Å². The number of carbonyl (C=O) groups excluding carboxylic acids is 1. The van der Waals surface area contributed by atoms with Crippen molar-refractivity contribution in [1.82, 2.24) is 9.21 Å². The Kier molecular flexibility index (Phi) is 7.49. The van der Waals surface area contributed by atoms with Crippen molar-refractivity contribution in [2.24, 2.45) is 0 Å². The SMILES string of the molecule is COc1ccc(CC(=O)N(Cc2ccco2)Cc2cccs2)cc1S(=O)(=O)N1CCOCC1. The molecule has 3 aromatic rings. The molecule has 1 aliphatic rings. The number of morpholine rings is 1. The summed E-state index contributed by atoms with van der Waals surface area (Å²) in [7, 11) is -2.34. The fourth-order valence-electron chi connectivity index (χ4n) is 3.66. The maximum Gasteiger partial charge on any atom is 0.246 e. The number of hydrogen-bond acceptors (Lipinski definition) is 7. The summed E-state index contributed by atoms with van der Waals surface area (Å²) in [6, 6.07) is 12.4. The van der Waals surface area contributed by atoms with Crippen molar-refractivity contribution in [3.8, 4) is 5.75 Å². The van der Waals surface area contributed by atoms with Crippen LogP contribution < -0.4 is 4.74 Å². The summed E-state index contributed by atoms with van der Waals surface area (Å²) in [6.07, 6.45) is 1.64. The van der Waals surface area contributed by atoms with E-state index in [1.165, 1.54) is 17.5 Å². The van der Waals surface area contributed by atoms with Crippen LogP contribution in [0.3, 0.4) is 0 Å². The number of benzene rings is 1. The second-order valence-electron chi connectivity index (χ2n) is 7.59. The third kappa shape index (κ3) is 5.64. The Labute approximate surface area is 197 Å². The summed E-state index contributed by atoms with van der Waals surface area (Å²) in [4.78, 5) is 16.1. The quantitative estimate of drug-likeness (QED) is 0.458. The third-order valence-electron chi connectivity index (χ3n) is 5.38. The van der Waals surface area contributed by atoms with Gasteiger partial charge in [0.05, 0.1) is 46.1 Å². The summed E-state index contributed by atoms with van der Waals surface area (Å²) in [5.74, 6) is 0.814. The van der Waals surface area contributed by atoms with E-state index in [4.69, 9.17) is 13.9 Å². The van der Waals surface area contributed by atoms with Gasteiger partial charge >= 0.3 is 0 Å². The number of sulfonamides is 1. The van der Waals surface area contributed by atoms with E-state index in [0.717, 1.165) is 4.88 Å². The average Bonchev–Trinajstić information content (AvgIpc) is 3.54. The predicted molar refractivity (Wildman–Crippen MR) is 124 cm³/mol. The zero-order chi connectivity index (χ0) is 23.3. The van der Waals surface area contributed by atoms with Crippen LogP contribution in [0.15, 0.2) is 63.4 Å². The molecular formula is C23H26N2O6S2. The molecule has 3 heterocycles. The van der Waals surface area contributed by atoms with Crippen molar-refractivity contribution in [2.75, 3.05) is 33.4 Å². The van der Waals surface area contributed by atoms with E-state index in [9.17, 15) is 13.2 Å². The minimum Gasteiger partial charge on any atom is -0.495 e. The fraction of sp³-hybridized carbons (Fsp3) is 0.348. The summed E-state index contributed by atoms with van der Waals surface area (Å²) in [5.41, 5.74) is 0.600. The molecule has 0 atom stereocenters. The van der Waals surface area contributed by atoms with Crippen LogP contribution in [0.25, 0.3) is 0 Å². The number of hydrogen-bond donors (Lipinski definition) is 0. The highest BCUT2D eigenvalue weighted by atomic mass is 32.2. The largest absolute Gasteiger partial charge is 0.495 e. The van der Waals surface area contributed by atoms with Gasteiger partial charge in [0, 0.05) is 18.0 Å². The highest BCUT2D eigenvalue weighted by molar-refractivity contribution is 7.89. The fourth-order valence-corrected chi connectivity index (χ4v) is 5.99. The molecule has 1 aliphatic heterocycles. The van der Waals surface area contributed by atoms with Gasteiger partial charge in [-0.1, -0.05) is 12.1 Å². The van der Waals surface area contributed by atoms with Gasteiger partial charge in [0.15, 0.2) is 0 Å². The highest BCUT2D eigenvalue weighted by Crippen LogP contribution is 2.29. The zero-order valence-electron chi connectivity index (χ0n) is 18.3. The maximum atomic E-state index is 13.3. The lowest BCUT2D eigenvalue weighted by Crippen LogP contribution is -2.40. The van der Waals surface area contributed by atoms with E-state index in [-0.39, 0.29) is 36.1 Å². The van der Waals surface area contributed by atoms with Gasteiger partial charge in [-0.2, -0.15) is 4.31 Å². The van der Waals surface area contributed by atoms with Crippen molar-refractivity contribution in [1.29, 1.82) is 0 Å².